The third-order valence-corrected chi connectivity index (χ3v) is 2.61. The molecule has 0 aliphatic rings. The maximum atomic E-state index is 12.0. The number of carbonyl (C=O) groups is 2. The number of carbonyl (C=O) groups excluding carboxylic acids is 1. The van der Waals surface area contributed by atoms with Gasteiger partial charge in [0.05, 0.1) is 12.5 Å². The van der Waals surface area contributed by atoms with Crippen molar-refractivity contribution in [3.05, 3.63) is 29.8 Å². The molecule has 5 heteroatoms. The number of rotatable bonds is 5. The van der Waals surface area contributed by atoms with Gasteiger partial charge in [-0.2, -0.15) is 0 Å². The molecule has 3 N–H and O–H groups in total. The minimum Gasteiger partial charge on any atom is -0.481 e. The van der Waals surface area contributed by atoms with Gasteiger partial charge in [-0.15, -0.1) is 0 Å². The fourth-order valence-electron chi connectivity index (χ4n) is 1.67. The van der Waals surface area contributed by atoms with Crippen LogP contribution in [-0.4, -0.2) is 29.6 Å². The first kappa shape index (κ1) is 14.2. The highest BCUT2D eigenvalue weighted by Gasteiger charge is 2.21. The molecule has 1 unspecified atom stereocenters. The van der Waals surface area contributed by atoms with Gasteiger partial charge in [0.2, 0.25) is 5.91 Å². The predicted octanol–water partition coefficient (Wildman–Crippen LogP) is 1.15. The van der Waals surface area contributed by atoms with Crippen molar-refractivity contribution in [2.24, 2.45) is 5.73 Å². The Morgan fingerprint density at radius 3 is 2.50 bits per heavy atom. The topological polar surface area (TPSA) is 83.6 Å². The van der Waals surface area contributed by atoms with Crippen LogP contribution in [0.5, 0.6) is 0 Å². The molecule has 0 saturated heterocycles. The zero-order valence-electron chi connectivity index (χ0n) is 10.6. The van der Waals surface area contributed by atoms with Gasteiger partial charge in [-0.1, -0.05) is 18.2 Å². The van der Waals surface area contributed by atoms with Crippen LogP contribution in [0.1, 0.15) is 18.9 Å². The average molecular weight is 250 g/mol. The Hall–Kier alpha value is -1.88. The second-order valence-electron chi connectivity index (χ2n) is 4.21. The van der Waals surface area contributed by atoms with Crippen molar-refractivity contribution < 1.29 is 14.7 Å². The number of carboxylic acids is 1. The van der Waals surface area contributed by atoms with Crippen LogP contribution in [0, 0.1) is 6.92 Å². The molecule has 0 aliphatic carbocycles. The van der Waals surface area contributed by atoms with E-state index in [1.54, 1.807) is 13.0 Å². The largest absolute Gasteiger partial charge is 0.481 e. The second-order valence-corrected chi connectivity index (χ2v) is 4.21. The van der Waals surface area contributed by atoms with Gasteiger partial charge in [0.15, 0.2) is 0 Å². The van der Waals surface area contributed by atoms with Gasteiger partial charge in [-0.05, 0) is 25.5 Å². The fourth-order valence-corrected chi connectivity index (χ4v) is 1.67. The van der Waals surface area contributed by atoms with Gasteiger partial charge in [0.25, 0.3) is 0 Å². The lowest BCUT2D eigenvalue weighted by Gasteiger charge is -2.25. The minimum atomic E-state index is -0.939. The first-order valence-corrected chi connectivity index (χ1v) is 5.78. The average Bonchev–Trinajstić information content (AvgIpc) is 2.30. The summed E-state index contributed by atoms with van der Waals surface area (Å²) in [5.41, 5.74) is 7.22. The lowest BCUT2D eigenvalue weighted by Crippen LogP contribution is -2.43. The molecule has 1 atom stereocenters. The number of benzene rings is 1. The van der Waals surface area contributed by atoms with E-state index >= 15 is 0 Å². The van der Waals surface area contributed by atoms with Crippen LogP contribution >= 0.6 is 0 Å². The molecule has 0 heterocycles. The third-order valence-electron chi connectivity index (χ3n) is 2.61. The maximum absolute atomic E-state index is 12.0. The Kier molecular flexibility index (Phi) is 4.85. The van der Waals surface area contributed by atoms with Crippen molar-refractivity contribution >= 4 is 17.6 Å². The lowest BCUT2D eigenvalue weighted by atomic mass is 10.1. The highest BCUT2D eigenvalue weighted by molar-refractivity contribution is 5.97. The van der Waals surface area contributed by atoms with Crippen LogP contribution in [0.3, 0.4) is 0 Å². The molecule has 1 aromatic rings. The lowest BCUT2D eigenvalue weighted by molar-refractivity contribution is -0.136. The summed E-state index contributed by atoms with van der Waals surface area (Å²) >= 11 is 0. The number of hydrogen-bond acceptors (Lipinski definition) is 3. The molecule has 0 bridgehead atoms. The van der Waals surface area contributed by atoms with Crippen LogP contribution in [0.25, 0.3) is 0 Å². The number of nitrogens with zero attached hydrogens (tertiary/aromatic N) is 1. The van der Waals surface area contributed by atoms with E-state index in [1.165, 1.54) is 4.90 Å². The summed E-state index contributed by atoms with van der Waals surface area (Å²) < 4.78 is 0. The van der Waals surface area contributed by atoms with E-state index in [1.807, 2.05) is 25.1 Å². The Morgan fingerprint density at radius 1 is 1.39 bits per heavy atom. The molecule has 18 heavy (non-hydrogen) atoms. The van der Waals surface area contributed by atoms with Gasteiger partial charge in [-0.3, -0.25) is 9.59 Å². The van der Waals surface area contributed by atoms with Crippen molar-refractivity contribution in [3.8, 4) is 0 Å². The van der Waals surface area contributed by atoms with Crippen molar-refractivity contribution in [2.75, 3.05) is 11.4 Å². The van der Waals surface area contributed by atoms with E-state index in [9.17, 15) is 9.59 Å². The Morgan fingerprint density at radius 2 is 2.00 bits per heavy atom. The summed E-state index contributed by atoms with van der Waals surface area (Å²) in [6.07, 6.45) is -0.104. The maximum Gasteiger partial charge on any atom is 0.305 e. The molecule has 0 radical (unpaired) electrons. The second kappa shape index (κ2) is 6.16. The number of aliphatic carboxylic acids is 1. The van der Waals surface area contributed by atoms with E-state index in [2.05, 4.69) is 0 Å². The molecule has 1 rings (SSSR count). The molecule has 1 amide bonds. The van der Waals surface area contributed by atoms with E-state index in [4.69, 9.17) is 10.8 Å². The van der Waals surface area contributed by atoms with Crippen LogP contribution in [-0.2, 0) is 9.59 Å². The number of amides is 1. The molecule has 0 spiro atoms. The minimum absolute atomic E-state index is 0.104. The Labute approximate surface area is 106 Å². The quantitative estimate of drug-likeness (QED) is 0.821. The summed E-state index contributed by atoms with van der Waals surface area (Å²) in [5.74, 6) is -1.21. The van der Waals surface area contributed by atoms with Crippen LogP contribution in [0.15, 0.2) is 24.3 Å². The van der Waals surface area contributed by atoms with E-state index in [0.29, 0.717) is 5.69 Å². The number of para-hydroxylation sites is 1. The zero-order chi connectivity index (χ0) is 13.7. The first-order chi connectivity index (χ1) is 8.43. The van der Waals surface area contributed by atoms with E-state index < -0.39 is 12.0 Å². The molecular weight excluding hydrogens is 232 g/mol. The monoisotopic (exact) mass is 250 g/mol. The van der Waals surface area contributed by atoms with Crippen molar-refractivity contribution in [1.82, 2.24) is 0 Å². The first-order valence-electron chi connectivity index (χ1n) is 5.78. The molecule has 5 nitrogen and oxygen atoms in total. The van der Waals surface area contributed by atoms with Crippen molar-refractivity contribution in [2.45, 2.75) is 26.3 Å². The van der Waals surface area contributed by atoms with E-state index in [0.717, 1.165) is 5.56 Å². The summed E-state index contributed by atoms with van der Waals surface area (Å²) in [6.45, 7) is 3.59. The summed E-state index contributed by atoms with van der Waals surface area (Å²) in [5, 5.41) is 8.73. The normalized spacial score (nSPS) is 11.9. The molecule has 0 saturated carbocycles. The predicted molar refractivity (Wildman–Crippen MR) is 69.4 cm³/mol. The van der Waals surface area contributed by atoms with Crippen molar-refractivity contribution in [1.29, 1.82) is 0 Å². The highest BCUT2D eigenvalue weighted by Crippen LogP contribution is 2.20. The summed E-state index contributed by atoms with van der Waals surface area (Å²) in [7, 11) is 0. The van der Waals surface area contributed by atoms with Gasteiger partial charge in [0, 0.05) is 12.2 Å². The van der Waals surface area contributed by atoms with Crippen molar-refractivity contribution in [3.63, 3.8) is 0 Å². The van der Waals surface area contributed by atoms with Gasteiger partial charge < -0.3 is 15.7 Å². The SMILES string of the molecule is Cc1ccccc1N(CCC(=O)O)C(=O)C(C)N. The summed E-state index contributed by atoms with van der Waals surface area (Å²) in [4.78, 5) is 24.1. The van der Waals surface area contributed by atoms with Crippen LogP contribution in [0.4, 0.5) is 5.69 Å². The molecular formula is C13H18N2O3. The number of carboxylic acid groups (broad SMARTS) is 1. The zero-order valence-corrected chi connectivity index (χ0v) is 10.6. The molecule has 0 aliphatic heterocycles. The smallest absolute Gasteiger partial charge is 0.305 e. The van der Waals surface area contributed by atoms with Gasteiger partial charge in [-0.25, -0.2) is 0 Å². The highest BCUT2D eigenvalue weighted by atomic mass is 16.4. The third kappa shape index (κ3) is 3.56. The summed E-state index contributed by atoms with van der Waals surface area (Å²) in [6, 6.07) is 6.68. The van der Waals surface area contributed by atoms with E-state index in [-0.39, 0.29) is 18.9 Å². The number of hydrogen-bond donors (Lipinski definition) is 2. The Balaban J connectivity index is 3.00. The number of anilines is 1. The molecule has 98 valence electrons. The standard InChI is InChI=1S/C13H18N2O3/c1-9-5-3-4-6-11(9)15(8-7-12(16)17)13(18)10(2)14/h3-6,10H,7-8,14H2,1-2H3,(H,16,17). The van der Waals surface area contributed by atoms with Crippen LogP contribution in [0.2, 0.25) is 0 Å². The number of aryl methyl sites for hydroxylation is 1. The van der Waals surface area contributed by atoms with Gasteiger partial charge >= 0.3 is 5.97 Å². The molecule has 0 fully saturated rings. The van der Waals surface area contributed by atoms with Gasteiger partial charge in [0.1, 0.15) is 0 Å². The Bertz CT molecular complexity index is 444. The fraction of sp³-hybridized carbons (Fsp3) is 0.385. The molecule has 1 aromatic carbocycles. The van der Waals surface area contributed by atoms with Crippen LogP contribution < -0.4 is 10.6 Å². The molecule has 0 aromatic heterocycles. The number of nitrogens with two attached hydrogens (primary N) is 1.